The number of nitrogens with zero attached hydrogens (tertiary/aromatic N) is 2. The van der Waals surface area contributed by atoms with Gasteiger partial charge in [0.2, 0.25) is 5.91 Å². The van der Waals surface area contributed by atoms with Gasteiger partial charge in [-0.1, -0.05) is 15.9 Å². The number of aromatic nitrogens is 2. The molecule has 2 aromatic carbocycles. The third-order valence-corrected chi connectivity index (χ3v) is 5.05. The number of nitrogens with one attached hydrogen (secondary N) is 1. The largest absolute Gasteiger partial charge is 0.486 e. The van der Waals surface area contributed by atoms with Crippen LogP contribution in [0.25, 0.3) is 11.3 Å². The van der Waals surface area contributed by atoms with Gasteiger partial charge in [-0.25, -0.2) is 4.68 Å². The molecule has 7 nitrogen and oxygen atoms in total. The molecule has 0 bridgehead atoms. The van der Waals surface area contributed by atoms with E-state index >= 15 is 0 Å². The number of fused-ring (bicyclic) bond motifs is 1. The molecule has 1 N–H and O–H groups in total. The first kappa shape index (κ1) is 19.2. The average molecular weight is 456 g/mol. The van der Waals surface area contributed by atoms with E-state index in [1.807, 2.05) is 30.3 Å². The normalized spacial score (nSPS) is 13.6. The molecular weight excluding hydrogens is 438 g/mol. The summed E-state index contributed by atoms with van der Waals surface area (Å²) in [4.78, 5) is 25.0. The Kier molecular flexibility index (Phi) is 5.35. The van der Waals surface area contributed by atoms with Gasteiger partial charge in [-0.05, 0) is 55.5 Å². The SMILES string of the molecule is C[C@@H](C(=O)Nc1ccc(Br)cc1)n1nc(-c2ccc3c(c2)OCCO3)ccc1=O. The van der Waals surface area contributed by atoms with Gasteiger partial charge < -0.3 is 14.8 Å². The molecule has 29 heavy (non-hydrogen) atoms. The van der Waals surface area contributed by atoms with Crippen LogP contribution in [0.1, 0.15) is 13.0 Å². The zero-order chi connectivity index (χ0) is 20.4. The molecular formula is C21H18BrN3O4. The first-order valence-electron chi connectivity index (χ1n) is 9.07. The van der Waals surface area contributed by atoms with Crippen molar-refractivity contribution in [2.24, 2.45) is 0 Å². The maximum Gasteiger partial charge on any atom is 0.267 e. The molecule has 0 fully saturated rings. The third-order valence-electron chi connectivity index (χ3n) is 4.52. The lowest BCUT2D eigenvalue weighted by molar-refractivity contribution is -0.119. The molecule has 1 amide bonds. The second kappa shape index (κ2) is 8.08. The predicted molar refractivity (Wildman–Crippen MR) is 112 cm³/mol. The highest BCUT2D eigenvalue weighted by atomic mass is 79.9. The van der Waals surface area contributed by atoms with Gasteiger partial charge in [0.15, 0.2) is 11.5 Å². The molecule has 1 aliphatic rings. The number of anilines is 1. The van der Waals surface area contributed by atoms with Crippen molar-refractivity contribution < 1.29 is 14.3 Å². The summed E-state index contributed by atoms with van der Waals surface area (Å²) in [5.74, 6) is 0.978. The van der Waals surface area contributed by atoms with Crippen molar-refractivity contribution in [3.63, 3.8) is 0 Å². The lowest BCUT2D eigenvalue weighted by atomic mass is 10.1. The summed E-state index contributed by atoms with van der Waals surface area (Å²) in [5.41, 5.74) is 1.61. The number of ether oxygens (including phenoxy) is 2. The van der Waals surface area contributed by atoms with E-state index in [2.05, 4.69) is 26.3 Å². The van der Waals surface area contributed by atoms with Gasteiger partial charge in [0.25, 0.3) is 5.56 Å². The van der Waals surface area contributed by atoms with Crippen LogP contribution in [0.15, 0.2) is 63.9 Å². The van der Waals surface area contributed by atoms with Crippen LogP contribution in [-0.2, 0) is 4.79 Å². The smallest absolute Gasteiger partial charge is 0.267 e. The summed E-state index contributed by atoms with van der Waals surface area (Å²) in [7, 11) is 0. The van der Waals surface area contributed by atoms with E-state index in [1.54, 1.807) is 25.1 Å². The Morgan fingerprint density at radius 1 is 1.07 bits per heavy atom. The summed E-state index contributed by atoms with van der Waals surface area (Å²) < 4.78 is 13.2. The zero-order valence-electron chi connectivity index (χ0n) is 15.6. The topological polar surface area (TPSA) is 82.5 Å². The third kappa shape index (κ3) is 4.17. The van der Waals surface area contributed by atoms with Gasteiger partial charge in [-0.15, -0.1) is 0 Å². The molecule has 1 atom stereocenters. The van der Waals surface area contributed by atoms with E-state index in [9.17, 15) is 9.59 Å². The molecule has 0 unspecified atom stereocenters. The predicted octanol–water partition coefficient (Wildman–Crippen LogP) is 3.64. The van der Waals surface area contributed by atoms with E-state index in [1.165, 1.54) is 10.7 Å². The molecule has 0 radical (unpaired) electrons. The Labute approximate surface area is 175 Å². The van der Waals surface area contributed by atoms with Gasteiger partial charge in [-0.2, -0.15) is 5.10 Å². The molecule has 0 spiro atoms. The fourth-order valence-electron chi connectivity index (χ4n) is 2.95. The maximum absolute atomic E-state index is 12.6. The number of amides is 1. The van der Waals surface area contributed by atoms with Gasteiger partial charge in [0.1, 0.15) is 19.3 Å². The minimum Gasteiger partial charge on any atom is -0.486 e. The Balaban J connectivity index is 1.60. The van der Waals surface area contributed by atoms with Gasteiger partial charge in [-0.3, -0.25) is 9.59 Å². The van der Waals surface area contributed by atoms with Crippen molar-refractivity contribution in [2.45, 2.75) is 13.0 Å². The molecule has 8 heteroatoms. The second-order valence-electron chi connectivity index (χ2n) is 6.53. The fraction of sp³-hybridized carbons (Fsp3) is 0.190. The number of carbonyl (C=O) groups excluding carboxylic acids is 1. The quantitative estimate of drug-likeness (QED) is 0.649. The van der Waals surface area contributed by atoms with Crippen LogP contribution in [0.4, 0.5) is 5.69 Å². The number of hydrogen-bond donors (Lipinski definition) is 1. The lowest BCUT2D eigenvalue weighted by Crippen LogP contribution is -2.33. The number of halogens is 1. The van der Waals surface area contributed by atoms with E-state index in [0.29, 0.717) is 36.1 Å². The zero-order valence-corrected chi connectivity index (χ0v) is 17.2. The van der Waals surface area contributed by atoms with Gasteiger partial charge >= 0.3 is 0 Å². The molecule has 0 saturated carbocycles. The van der Waals surface area contributed by atoms with E-state index in [4.69, 9.17) is 9.47 Å². The van der Waals surface area contributed by atoms with Crippen LogP contribution in [-0.4, -0.2) is 28.9 Å². The second-order valence-corrected chi connectivity index (χ2v) is 7.45. The molecule has 3 aromatic rings. The highest BCUT2D eigenvalue weighted by molar-refractivity contribution is 9.10. The van der Waals surface area contributed by atoms with Crippen molar-refractivity contribution in [1.29, 1.82) is 0 Å². The Hall–Kier alpha value is -3.13. The Morgan fingerprint density at radius 2 is 1.79 bits per heavy atom. The molecule has 1 aliphatic heterocycles. The highest BCUT2D eigenvalue weighted by Crippen LogP contribution is 2.33. The highest BCUT2D eigenvalue weighted by Gasteiger charge is 2.19. The molecule has 148 valence electrons. The van der Waals surface area contributed by atoms with Crippen LogP contribution in [0.5, 0.6) is 11.5 Å². The van der Waals surface area contributed by atoms with Crippen molar-refractivity contribution >= 4 is 27.5 Å². The number of benzene rings is 2. The molecule has 2 heterocycles. The lowest BCUT2D eigenvalue weighted by Gasteiger charge is -2.19. The Bertz CT molecular complexity index is 1110. The Morgan fingerprint density at radius 3 is 2.55 bits per heavy atom. The van der Waals surface area contributed by atoms with Crippen molar-refractivity contribution in [3.8, 4) is 22.8 Å². The van der Waals surface area contributed by atoms with Crippen LogP contribution < -0.4 is 20.3 Å². The fourth-order valence-corrected chi connectivity index (χ4v) is 3.21. The minimum absolute atomic E-state index is 0.332. The minimum atomic E-state index is -0.789. The summed E-state index contributed by atoms with van der Waals surface area (Å²) in [6, 6.07) is 14.9. The maximum atomic E-state index is 12.6. The van der Waals surface area contributed by atoms with E-state index in [-0.39, 0.29) is 11.5 Å². The van der Waals surface area contributed by atoms with Gasteiger partial charge in [0, 0.05) is 21.8 Å². The molecule has 0 saturated heterocycles. The summed E-state index contributed by atoms with van der Waals surface area (Å²) in [5, 5.41) is 7.21. The van der Waals surface area contributed by atoms with Crippen LogP contribution in [0, 0.1) is 0 Å². The van der Waals surface area contributed by atoms with Crippen molar-refractivity contribution in [1.82, 2.24) is 9.78 Å². The first-order chi connectivity index (χ1) is 14.0. The van der Waals surface area contributed by atoms with Crippen molar-refractivity contribution in [3.05, 3.63) is 69.4 Å². The summed E-state index contributed by atoms with van der Waals surface area (Å²) >= 11 is 3.35. The monoisotopic (exact) mass is 455 g/mol. The van der Waals surface area contributed by atoms with Crippen molar-refractivity contribution in [2.75, 3.05) is 18.5 Å². The van der Waals surface area contributed by atoms with E-state index < -0.39 is 6.04 Å². The number of hydrogen-bond acceptors (Lipinski definition) is 5. The number of rotatable bonds is 4. The first-order valence-corrected chi connectivity index (χ1v) is 9.87. The van der Waals surface area contributed by atoms with Crippen LogP contribution in [0.3, 0.4) is 0 Å². The molecule has 4 rings (SSSR count). The summed E-state index contributed by atoms with van der Waals surface area (Å²) in [6.07, 6.45) is 0. The summed E-state index contributed by atoms with van der Waals surface area (Å²) in [6.45, 7) is 2.63. The van der Waals surface area contributed by atoms with E-state index in [0.717, 1.165) is 10.0 Å². The van der Waals surface area contributed by atoms with Crippen LogP contribution >= 0.6 is 15.9 Å². The number of carbonyl (C=O) groups is 1. The van der Waals surface area contributed by atoms with Crippen LogP contribution in [0.2, 0.25) is 0 Å². The standard InChI is InChI=1S/C21H18BrN3O4/c1-13(21(27)23-16-5-3-15(22)4-6-16)25-20(26)9-7-17(24-25)14-2-8-18-19(12-14)29-11-10-28-18/h2-9,12-13H,10-11H2,1H3,(H,23,27)/t13-/m0/s1. The average Bonchev–Trinajstić information content (AvgIpc) is 2.75. The van der Waals surface area contributed by atoms with Gasteiger partial charge in [0.05, 0.1) is 5.69 Å². The molecule has 0 aliphatic carbocycles. The molecule has 1 aromatic heterocycles.